The molecule has 0 spiro atoms. The molecule has 110 valence electrons. The zero-order chi connectivity index (χ0) is 15.1. The third-order valence-corrected chi connectivity index (χ3v) is 3.37. The van der Waals surface area contributed by atoms with Crippen LogP contribution in [0.3, 0.4) is 0 Å². The molecular weight excluding hydrogens is 262 g/mol. The van der Waals surface area contributed by atoms with Crippen molar-refractivity contribution in [3.05, 3.63) is 70.6 Å². The molecule has 0 fully saturated rings. The van der Waals surface area contributed by atoms with Crippen LogP contribution >= 0.6 is 0 Å². The average molecular weight is 283 g/mol. The van der Waals surface area contributed by atoms with Crippen molar-refractivity contribution in [2.24, 2.45) is 0 Å². The first-order valence-corrected chi connectivity index (χ1v) is 7.33. The van der Waals surface area contributed by atoms with E-state index in [-0.39, 0.29) is 11.5 Å². The van der Waals surface area contributed by atoms with Crippen molar-refractivity contribution in [1.29, 1.82) is 0 Å². The number of hydrogen-bond acceptors (Lipinski definition) is 2. The lowest BCUT2D eigenvalue weighted by Gasteiger charge is -2.02. The summed E-state index contributed by atoms with van der Waals surface area (Å²) in [6.07, 6.45) is 9.59. The SMILES string of the molecule is CCC(O)C=CC=CCCc1cc(=O)c2ccccc2[nH]1. The molecule has 0 saturated heterocycles. The number of rotatable bonds is 6. The topological polar surface area (TPSA) is 53.1 Å². The lowest BCUT2D eigenvalue weighted by Crippen LogP contribution is -2.04. The van der Waals surface area contributed by atoms with Gasteiger partial charge in [-0.3, -0.25) is 4.79 Å². The van der Waals surface area contributed by atoms with Gasteiger partial charge in [-0.05, 0) is 31.4 Å². The number of aryl methyl sites for hydroxylation is 1. The first-order valence-electron chi connectivity index (χ1n) is 7.33. The summed E-state index contributed by atoms with van der Waals surface area (Å²) in [7, 11) is 0. The van der Waals surface area contributed by atoms with Gasteiger partial charge in [-0.25, -0.2) is 0 Å². The Morgan fingerprint density at radius 2 is 2.10 bits per heavy atom. The Balaban J connectivity index is 1.96. The highest BCUT2D eigenvalue weighted by atomic mass is 16.3. The predicted octanol–water partition coefficient (Wildman–Crippen LogP) is 3.34. The second-order valence-electron chi connectivity index (χ2n) is 5.03. The fourth-order valence-electron chi connectivity index (χ4n) is 2.13. The molecule has 1 unspecified atom stereocenters. The lowest BCUT2D eigenvalue weighted by atomic mass is 10.1. The molecule has 1 atom stereocenters. The fraction of sp³-hybridized carbons (Fsp3) is 0.278. The van der Waals surface area contributed by atoms with Crippen LogP contribution in [0.4, 0.5) is 0 Å². The molecule has 0 aliphatic carbocycles. The highest BCUT2D eigenvalue weighted by Gasteiger charge is 2.00. The van der Waals surface area contributed by atoms with Gasteiger partial charge in [0.15, 0.2) is 5.43 Å². The molecule has 1 heterocycles. The van der Waals surface area contributed by atoms with Crippen LogP contribution in [0.25, 0.3) is 10.9 Å². The summed E-state index contributed by atoms with van der Waals surface area (Å²) in [5, 5.41) is 10.1. The summed E-state index contributed by atoms with van der Waals surface area (Å²) in [6, 6.07) is 9.22. The summed E-state index contributed by atoms with van der Waals surface area (Å²) < 4.78 is 0. The molecular formula is C18H21NO2. The molecule has 0 saturated carbocycles. The zero-order valence-corrected chi connectivity index (χ0v) is 12.3. The van der Waals surface area contributed by atoms with Gasteiger partial charge in [-0.2, -0.15) is 0 Å². The van der Waals surface area contributed by atoms with Gasteiger partial charge in [0.25, 0.3) is 0 Å². The van der Waals surface area contributed by atoms with Gasteiger partial charge in [-0.1, -0.05) is 43.4 Å². The van der Waals surface area contributed by atoms with E-state index < -0.39 is 0 Å². The van der Waals surface area contributed by atoms with E-state index in [4.69, 9.17) is 0 Å². The number of aliphatic hydroxyl groups is 1. The molecule has 21 heavy (non-hydrogen) atoms. The van der Waals surface area contributed by atoms with Crippen molar-refractivity contribution < 1.29 is 5.11 Å². The van der Waals surface area contributed by atoms with Gasteiger partial charge >= 0.3 is 0 Å². The maximum absolute atomic E-state index is 12.0. The van der Waals surface area contributed by atoms with Crippen LogP contribution < -0.4 is 5.43 Å². The third-order valence-electron chi connectivity index (χ3n) is 3.37. The Kier molecular flexibility index (Phi) is 5.52. The summed E-state index contributed by atoms with van der Waals surface area (Å²) >= 11 is 0. The van der Waals surface area contributed by atoms with E-state index in [0.717, 1.165) is 35.9 Å². The van der Waals surface area contributed by atoms with Crippen molar-refractivity contribution in [1.82, 2.24) is 4.98 Å². The van der Waals surface area contributed by atoms with Crippen LogP contribution in [-0.4, -0.2) is 16.2 Å². The van der Waals surface area contributed by atoms with E-state index in [0.29, 0.717) is 0 Å². The predicted molar refractivity (Wildman–Crippen MR) is 87.5 cm³/mol. The van der Waals surface area contributed by atoms with Crippen molar-refractivity contribution >= 4 is 10.9 Å². The molecule has 0 amide bonds. The molecule has 0 radical (unpaired) electrons. The minimum absolute atomic E-state index is 0.0642. The monoisotopic (exact) mass is 283 g/mol. The molecule has 2 aromatic rings. The number of benzene rings is 1. The highest BCUT2D eigenvalue weighted by molar-refractivity contribution is 5.78. The molecule has 0 bridgehead atoms. The standard InChI is InChI=1S/C18H21NO2/c1-2-15(20)10-6-4-3-5-9-14-13-18(21)16-11-7-8-12-17(16)19-14/h3-4,6-8,10-13,15,20H,2,5,9H2,1H3,(H,19,21). The Morgan fingerprint density at radius 1 is 1.29 bits per heavy atom. The molecule has 1 aromatic carbocycles. The number of fused-ring (bicyclic) bond motifs is 1. The number of aromatic nitrogens is 1. The maximum atomic E-state index is 12.0. The van der Waals surface area contributed by atoms with Crippen molar-refractivity contribution in [3.63, 3.8) is 0 Å². The van der Waals surface area contributed by atoms with Crippen LogP contribution in [0.15, 0.2) is 59.4 Å². The first-order chi connectivity index (χ1) is 10.2. The molecule has 0 aliphatic rings. The van der Waals surface area contributed by atoms with E-state index in [1.54, 1.807) is 12.1 Å². The van der Waals surface area contributed by atoms with Gasteiger partial charge in [0.05, 0.1) is 6.10 Å². The van der Waals surface area contributed by atoms with E-state index >= 15 is 0 Å². The van der Waals surface area contributed by atoms with Crippen LogP contribution in [0.1, 0.15) is 25.5 Å². The average Bonchev–Trinajstić information content (AvgIpc) is 2.50. The van der Waals surface area contributed by atoms with Gasteiger partial charge in [0.2, 0.25) is 0 Å². The first kappa shape index (κ1) is 15.3. The summed E-state index contributed by atoms with van der Waals surface area (Å²) in [6.45, 7) is 1.94. The minimum Gasteiger partial charge on any atom is -0.389 e. The fourth-order valence-corrected chi connectivity index (χ4v) is 2.13. The van der Waals surface area contributed by atoms with E-state index in [2.05, 4.69) is 4.98 Å². The highest BCUT2D eigenvalue weighted by Crippen LogP contribution is 2.08. The van der Waals surface area contributed by atoms with Crippen LogP contribution in [0, 0.1) is 0 Å². The third kappa shape index (κ3) is 4.43. The largest absolute Gasteiger partial charge is 0.389 e. The molecule has 1 aromatic heterocycles. The Morgan fingerprint density at radius 3 is 2.90 bits per heavy atom. The smallest absolute Gasteiger partial charge is 0.189 e. The van der Waals surface area contributed by atoms with E-state index in [1.807, 2.05) is 49.4 Å². The molecule has 0 aliphatic heterocycles. The number of H-pyrrole nitrogens is 1. The van der Waals surface area contributed by atoms with Crippen LogP contribution in [0.2, 0.25) is 0 Å². The maximum Gasteiger partial charge on any atom is 0.189 e. The number of nitrogens with one attached hydrogen (secondary N) is 1. The summed E-state index contributed by atoms with van der Waals surface area (Å²) in [4.78, 5) is 15.3. The quantitative estimate of drug-likeness (QED) is 0.799. The summed E-state index contributed by atoms with van der Waals surface area (Å²) in [5.74, 6) is 0. The van der Waals surface area contributed by atoms with Crippen LogP contribution in [-0.2, 0) is 6.42 Å². The van der Waals surface area contributed by atoms with E-state index in [1.165, 1.54) is 0 Å². The normalized spacial score (nSPS) is 13.4. The van der Waals surface area contributed by atoms with Crippen molar-refractivity contribution in [3.8, 4) is 0 Å². The number of aliphatic hydroxyl groups excluding tert-OH is 1. The zero-order valence-electron chi connectivity index (χ0n) is 12.3. The molecule has 3 nitrogen and oxygen atoms in total. The van der Waals surface area contributed by atoms with Crippen LogP contribution in [0.5, 0.6) is 0 Å². The van der Waals surface area contributed by atoms with Gasteiger partial charge in [0.1, 0.15) is 0 Å². The Bertz CT molecular complexity index is 698. The number of allylic oxidation sites excluding steroid dienone is 3. The summed E-state index contributed by atoms with van der Waals surface area (Å²) in [5.41, 5.74) is 1.89. The second-order valence-corrected chi connectivity index (χ2v) is 5.03. The Hall–Kier alpha value is -2.13. The van der Waals surface area contributed by atoms with Crippen molar-refractivity contribution in [2.45, 2.75) is 32.3 Å². The van der Waals surface area contributed by atoms with E-state index in [9.17, 15) is 9.90 Å². The molecule has 2 rings (SSSR count). The lowest BCUT2D eigenvalue weighted by molar-refractivity contribution is 0.219. The second kappa shape index (κ2) is 7.60. The minimum atomic E-state index is -0.369. The van der Waals surface area contributed by atoms with Gasteiger partial charge < -0.3 is 10.1 Å². The Labute approximate surface area is 124 Å². The molecule has 3 heteroatoms. The number of para-hydroxylation sites is 1. The number of pyridine rings is 1. The number of hydrogen-bond donors (Lipinski definition) is 2. The van der Waals surface area contributed by atoms with Gasteiger partial charge in [-0.15, -0.1) is 0 Å². The number of aromatic amines is 1. The van der Waals surface area contributed by atoms with Crippen molar-refractivity contribution in [2.75, 3.05) is 0 Å². The molecule has 2 N–H and O–H groups in total. The van der Waals surface area contributed by atoms with Gasteiger partial charge in [0, 0.05) is 22.7 Å².